The number of rotatable bonds is 11. The number of hydrogen-bond acceptors (Lipinski definition) is 13. The molecule has 5 saturated heterocycles. The first-order chi connectivity index (χ1) is 32.1. The van der Waals surface area contributed by atoms with E-state index in [0.29, 0.717) is 40.9 Å². The topological polar surface area (TPSA) is 211 Å². The molecular formula is C48H58N12O6. The Morgan fingerprint density at radius 1 is 0.758 bits per heavy atom. The fraction of sp³-hybridized carbons (Fsp3) is 0.562. The highest BCUT2D eigenvalue weighted by Crippen LogP contribution is 2.44. The van der Waals surface area contributed by atoms with Crippen molar-refractivity contribution in [3.63, 3.8) is 0 Å². The van der Waals surface area contributed by atoms with Crippen LogP contribution in [-0.4, -0.2) is 147 Å². The first kappa shape index (κ1) is 42.5. The van der Waals surface area contributed by atoms with Gasteiger partial charge in [-0.05, 0) is 125 Å². The van der Waals surface area contributed by atoms with E-state index in [1.165, 1.54) is 18.4 Å². The molecule has 6 aliphatic heterocycles. The Hall–Kier alpha value is -6.17. The largest absolute Gasteiger partial charge is 0.371 e. The summed E-state index contributed by atoms with van der Waals surface area (Å²) in [6, 6.07) is 13.5. The number of imide groups is 2. The summed E-state index contributed by atoms with van der Waals surface area (Å²) >= 11 is 0. The van der Waals surface area contributed by atoms with E-state index in [-0.39, 0.29) is 42.5 Å². The zero-order chi connectivity index (χ0) is 45.2. The minimum atomic E-state index is -0.974. The summed E-state index contributed by atoms with van der Waals surface area (Å²) in [7, 11) is 0. The number of urea groups is 1. The summed E-state index contributed by atoms with van der Waals surface area (Å²) in [5, 5.41) is 14.2. The Morgan fingerprint density at radius 2 is 1.47 bits per heavy atom. The Labute approximate surface area is 383 Å². The molecule has 2 bridgehead atoms. The van der Waals surface area contributed by atoms with Crippen molar-refractivity contribution in [1.82, 2.24) is 40.1 Å². The van der Waals surface area contributed by atoms with Crippen LogP contribution in [0.5, 0.6) is 0 Å². The molecule has 4 unspecified atom stereocenters. The van der Waals surface area contributed by atoms with E-state index >= 15 is 0 Å². The third kappa shape index (κ3) is 7.79. The van der Waals surface area contributed by atoms with Crippen LogP contribution in [0.1, 0.15) is 120 Å². The van der Waals surface area contributed by atoms with Crippen molar-refractivity contribution in [3.05, 3.63) is 64.8 Å². The number of nitrogens with zero attached hydrogens (tertiary/aromatic N) is 9. The monoisotopic (exact) mass is 898 g/mol. The maximum Gasteiger partial charge on any atom is 0.320 e. The average molecular weight is 899 g/mol. The van der Waals surface area contributed by atoms with Gasteiger partial charge in [-0.1, -0.05) is 25.0 Å². The fourth-order valence-corrected chi connectivity index (χ4v) is 12.5. The van der Waals surface area contributed by atoms with Gasteiger partial charge < -0.3 is 35.6 Å². The number of fused-ring (bicyclic) bond motifs is 3. The number of nitrogens with one attached hydrogen (secondary N) is 2. The van der Waals surface area contributed by atoms with Crippen LogP contribution in [0.4, 0.5) is 27.9 Å². The highest BCUT2D eigenvalue weighted by molar-refractivity contribution is 6.23. The summed E-state index contributed by atoms with van der Waals surface area (Å²) in [4.78, 5) is 94.0. The van der Waals surface area contributed by atoms with Gasteiger partial charge in [0.05, 0.1) is 23.2 Å². The minimum absolute atomic E-state index is 0.0128. The van der Waals surface area contributed by atoms with Crippen LogP contribution in [0, 0.1) is 11.8 Å². The smallest absolute Gasteiger partial charge is 0.320 e. The molecule has 0 spiro atoms. The molecule has 7 amide bonds. The lowest BCUT2D eigenvalue weighted by atomic mass is 9.88. The Bertz CT molecular complexity index is 2450. The molecule has 18 nitrogen and oxygen atoms in total. The summed E-state index contributed by atoms with van der Waals surface area (Å²) in [5.41, 5.74) is 9.33. The number of nitrogens with two attached hydrogens (primary N) is 1. The molecule has 4 atom stereocenters. The van der Waals surface area contributed by atoms with Crippen LogP contribution in [-0.2, 0) is 9.59 Å². The normalized spacial score (nSPS) is 26.6. The van der Waals surface area contributed by atoms with Gasteiger partial charge in [-0.2, -0.15) is 4.98 Å². The van der Waals surface area contributed by atoms with E-state index < -0.39 is 35.6 Å². The maximum absolute atomic E-state index is 13.6. The molecule has 2 aromatic carbocycles. The van der Waals surface area contributed by atoms with Crippen molar-refractivity contribution in [1.29, 1.82) is 0 Å². The molecule has 7 heterocycles. The minimum Gasteiger partial charge on any atom is -0.371 e. The van der Waals surface area contributed by atoms with Gasteiger partial charge in [0, 0.05) is 63.1 Å². The van der Waals surface area contributed by atoms with Crippen LogP contribution in [0.15, 0.2) is 42.5 Å². The van der Waals surface area contributed by atoms with Crippen molar-refractivity contribution < 1.29 is 28.8 Å². The van der Waals surface area contributed by atoms with Gasteiger partial charge in [0.2, 0.25) is 17.8 Å². The highest BCUT2D eigenvalue weighted by Gasteiger charge is 2.52. The molecular weight excluding hydrogens is 841 g/mol. The summed E-state index contributed by atoms with van der Waals surface area (Å²) in [5.74, 6) is -0.488. The van der Waals surface area contributed by atoms with Crippen LogP contribution >= 0.6 is 0 Å². The van der Waals surface area contributed by atoms with E-state index in [1.54, 1.807) is 12.1 Å². The average Bonchev–Trinajstić information content (AvgIpc) is 4.18. The molecule has 66 heavy (non-hydrogen) atoms. The number of carbonyl (C=O) groups is 6. The number of benzene rings is 2. The molecule has 2 saturated carbocycles. The fourth-order valence-electron chi connectivity index (χ4n) is 12.5. The number of carbonyl (C=O) groups excluding carboxylic acids is 6. The number of likely N-dealkylation sites (tertiary alicyclic amines) is 1. The van der Waals surface area contributed by atoms with Crippen molar-refractivity contribution >= 4 is 58.7 Å². The maximum atomic E-state index is 13.6. The molecule has 346 valence electrons. The van der Waals surface area contributed by atoms with E-state index in [9.17, 15) is 28.8 Å². The predicted octanol–water partition coefficient (Wildman–Crippen LogP) is 3.86. The van der Waals surface area contributed by atoms with Gasteiger partial charge in [0.25, 0.3) is 17.7 Å². The molecule has 7 fully saturated rings. The lowest BCUT2D eigenvalue weighted by Crippen LogP contribution is -2.54. The van der Waals surface area contributed by atoms with Crippen LogP contribution in [0.25, 0.3) is 0 Å². The zero-order valence-corrected chi connectivity index (χ0v) is 37.3. The first-order valence-electron chi connectivity index (χ1n) is 24.1. The third-order valence-electron chi connectivity index (χ3n) is 16.0. The van der Waals surface area contributed by atoms with Gasteiger partial charge in [-0.3, -0.25) is 34.2 Å². The molecule has 8 aliphatic rings. The quantitative estimate of drug-likeness (QED) is 0.234. The first-order valence-corrected chi connectivity index (χ1v) is 24.1. The molecule has 11 rings (SSSR count). The van der Waals surface area contributed by atoms with Crippen LogP contribution in [0.2, 0.25) is 0 Å². The van der Waals surface area contributed by atoms with E-state index in [1.807, 2.05) is 18.2 Å². The zero-order valence-electron chi connectivity index (χ0n) is 37.3. The van der Waals surface area contributed by atoms with Crippen molar-refractivity contribution in [2.75, 3.05) is 67.5 Å². The second-order valence-corrected chi connectivity index (χ2v) is 19.8. The Kier molecular flexibility index (Phi) is 11.1. The number of amides is 7. The molecule has 3 aromatic rings. The second-order valence-electron chi connectivity index (χ2n) is 19.8. The lowest BCUT2D eigenvalue weighted by molar-refractivity contribution is -0.136. The highest BCUT2D eigenvalue weighted by atomic mass is 16.2. The Balaban J connectivity index is 0.665. The number of primary amides is 1. The molecule has 2 aliphatic carbocycles. The van der Waals surface area contributed by atoms with E-state index in [2.05, 4.69) is 57.5 Å². The molecule has 18 heteroatoms. The van der Waals surface area contributed by atoms with E-state index in [0.717, 1.165) is 120 Å². The van der Waals surface area contributed by atoms with Gasteiger partial charge in [-0.25, -0.2) is 4.79 Å². The van der Waals surface area contributed by atoms with Gasteiger partial charge in [0.1, 0.15) is 6.04 Å². The van der Waals surface area contributed by atoms with Crippen molar-refractivity contribution in [3.8, 4) is 0 Å². The van der Waals surface area contributed by atoms with Crippen LogP contribution < -0.4 is 26.2 Å². The summed E-state index contributed by atoms with van der Waals surface area (Å²) in [6.07, 6.45) is 11.0. The SMILES string of the molecule is NC(=O)c1nnc(N2CC3CC(N4CCN(C5CCCC5)C4=O)C2C3)nc1Nc1ccc(C2CCN(CC3CCN(c4ccc5c(c4)C(=O)N(C4CCC(=O)NC4=O)C5=O)CC3)CC2)cc1. The van der Waals surface area contributed by atoms with Crippen molar-refractivity contribution in [2.45, 2.75) is 107 Å². The summed E-state index contributed by atoms with van der Waals surface area (Å²) < 4.78 is 0. The number of hydrogen-bond donors (Lipinski definition) is 3. The second kappa shape index (κ2) is 17.2. The molecule has 0 radical (unpaired) electrons. The lowest BCUT2D eigenvalue weighted by Gasteiger charge is -2.38. The number of aromatic nitrogens is 3. The van der Waals surface area contributed by atoms with Gasteiger partial charge in [0.15, 0.2) is 11.5 Å². The number of anilines is 4. The Morgan fingerprint density at radius 3 is 2.18 bits per heavy atom. The standard InChI is InChI=1S/C48H58N12O6/c49-42(62)41-43(52-47(54-53-41)59-27-29-23-38(39(59)24-29)58-22-21-57(48(58)66)33-3-1-2-4-33)50-32-7-5-30(6-8-32)31-15-17-55(18-16-31)26-28-13-19-56(20-14-28)34-9-10-35-36(25-34)46(65)60(45(35)64)37-11-12-40(61)51-44(37)63/h5-10,25,28-29,31,33,37-39H,1-4,11-24,26-27H2,(H2,49,62)(H,50,52,54)(H,51,61,63). The van der Waals surface area contributed by atoms with Crippen molar-refractivity contribution in [2.24, 2.45) is 17.6 Å². The van der Waals surface area contributed by atoms with Gasteiger partial charge >= 0.3 is 6.03 Å². The third-order valence-corrected chi connectivity index (χ3v) is 16.0. The number of piperidine rings is 4. The van der Waals surface area contributed by atoms with Gasteiger partial charge in [-0.15, -0.1) is 10.2 Å². The summed E-state index contributed by atoms with van der Waals surface area (Å²) in [6.45, 7) is 7.15. The van der Waals surface area contributed by atoms with Crippen LogP contribution in [0.3, 0.4) is 0 Å². The molecule has 4 N–H and O–H groups in total. The predicted molar refractivity (Wildman–Crippen MR) is 243 cm³/mol. The van der Waals surface area contributed by atoms with E-state index in [4.69, 9.17) is 10.7 Å². The molecule has 1 aromatic heterocycles.